The van der Waals surface area contributed by atoms with Crippen molar-refractivity contribution in [3.05, 3.63) is 125 Å². The SMILES string of the molecule is Cc1ccc(-n2cc(-c3ccc(F)cc3F)nc2Cc2ccc(-c3ccc(C4CCCCC4)cc3)cc2)cc1N1CC(=O)N(N)S1(=O)=O. The number of carbonyl (C=O) groups is 1. The number of imidazole rings is 1. The van der Waals surface area contributed by atoms with Crippen LogP contribution in [0.25, 0.3) is 28.1 Å². The highest BCUT2D eigenvalue weighted by molar-refractivity contribution is 7.91. The fourth-order valence-corrected chi connectivity index (χ4v) is 7.96. The molecule has 1 aliphatic heterocycles. The molecule has 2 heterocycles. The van der Waals surface area contributed by atoms with Crippen molar-refractivity contribution in [1.82, 2.24) is 14.0 Å². The first kappa shape index (κ1) is 31.7. The molecule has 0 atom stereocenters. The normalized spacial score (nSPS) is 16.5. The highest BCUT2D eigenvalue weighted by Gasteiger charge is 2.41. The van der Waals surface area contributed by atoms with Crippen LogP contribution >= 0.6 is 0 Å². The van der Waals surface area contributed by atoms with Crippen LogP contribution in [0.2, 0.25) is 0 Å². The smallest absolute Gasteiger partial charge is 0.303 e. The first-order valence-electron chi connectivity index (χ1n) is 16.0. The van der Waals surface area contributed by atoms with Gasteiger partial charge in [0.1, 0.15) is 24.0 Å². The molecule has 0 bridgehead atoms. The quantitative estimate of drug-likeness (QED) is 0.146. The summed E-state index contributed by atoms with van der Waals surface area (Å²) >= 11 is 0. The van der Waals surface area contributed by atoms with Gasteiger partial charge in [-0.2, -0.15) is 12.8 Å². The van der Waals surface area contributed by atoms with Crippen LogP contribution in [0.15, 0.2) is 91.1 Å². The van der Waals surface area contributed by atoms with Crippen molar-refractivity contribution in [1.29, 1.82) is 0 Å². The molecular formula is C37H35F2N5O3S. The van der Waals surface area contributed by atoms with Gasteiger partial charge in [0.05, 0.1) is 11.4 Å². The number of nitrogens with zero attached hydrogens (tertiary/aromatic N) is 4. The number of hydrazine groups is 1. The van der Waals surface area contributed by atoms with Gasteiger partial charge in [0.2, 0.25) is 0 Å². The number of aryl methyl sites for hydroxylation is 1. The van der Waals surface area contributed by atoms with E-state index in [-0.39, 0.29) is 21.4 Å². The van der Waals surface area contributed by atoms with Crippen LogP contribution in [0.5, 0.6) is 0 Å². The van der Waals surface area contributed by atoms with Crippen LogP contribution in [-0.4, -0.2) is 34.8 Å². The van der Waals surface area contributed by atoms with Gasteiger partial charge in [-0.3, -0.25) is 4.79 Å². The standard InChI is InChI=1S/C37H35F2N5O3S/c1-24-7-17-31(21-35(24)43-23-37(45)44(40)48(43,46)47)42-22-34(32-18-16-30(38)20-33(32)39)41-36(42)19-25-8-10-27(11-9-25)29-14-12-28(13-15-29)26-5-3-2-4-6-26/h7-18,20-22,26H,2-6,19,23,40H2,1H3. The van der Waals surface area contributed by atoms with Gasteiger partial charge in [0, 0.05) is 29.9 Å². The molecule has 1 saturated heterocycles. The first-order chi connectivity index (χ1) is 23.1. The van der Waals surface area contributed by atoms with Crippen LogP contribution < -0.4 is 10.1 Å². The minimum atomic E-state index is -4.25. The highest BCUT2D eigenvalue weighted by Crippen LogP contribution is 2.35. The molecule has 1 aromatic heterocycles. The molecule has 0 unspecified atom stereocenters. The molecule has 246 valence electrons. The predicted octanol–water partition coefficient (Wildman–Crippen LogP) is 7.20. The number of hydrogen-bond acceptors (Lipinski definition) is 5. The van der Waals surface area contributed by atoms with E-state index in [4.69, 9.17) is 10.8 Å². The van der Waals surface area contributed by atoms with Gasteiger partial charge >= 0.3 is 10.2 Å². The molecule has 2 fully saturated rings. The Labute approximate surface area is 278 Å². The summed E-state index contributed by atoms with van der Waals surface area (Å²) < 4.78 is 57.4. The number of halogens is 2. The molecular weight excluding hydrogens is 633 g/mol. The van der Waals surface area contributed by atoms with E-state index in [1.165, 1.54) is 49.8 Å². The topological polar surface area (TPSA) is 102 Å². The second-order valence-electron chi connectivity index (χ2n) is 12.5. The van der Waals surface area contributed by atoms with Gasteiger partial charge in [-0.25, -0.2) is 23.9 Å². The van der Waals surface area contributed by atoms with E-state index < -0.39 is 34.3 Å². The lowest BCUT2D eigenvalue weighted by Crippen LogP contribution is -2.39. The Hall–Kier alpha value is -4.87. The number of hydrogen-bond donors (Lipinski definition) is 1. The summed E-state index contributed by atoms with van der Waals surface area (Å²) in [6.45, 7) is 1.30. The molecule has 2 N–H and O–H groups in total. The molecule has 48 heavy (non-hydrogen) atoms. The Bertz CT molecular complexity index is 2110. The lowest BCUT2D eigenvalue weighted by atomic mass is 9.83. The van der Waals surface area contributed by atoms with E-state index in [1.807, 2.05) is 12.1 Å². The molecule has 0 radical (unpaired) electrons. The number of nitrogens with two attached hydrogens (primary N) is 1. The summed E-state index contributed by atoms with van der Waals surface area (Å²) in [7, 11) is -4.25. The molecule has 1 saturated carbocycles. The van der Waals surface area contributed by atoms with Crippen molar-refractivity contribution in [2.45, 2.75) is 51.4 Å². The molecule has 11 heteroatoms. The number of benzene rings is 4. The third-order valence-corrected chi connectivity index (χ3v) is 11.0. The molecule has 1 aliphatic carbocycles. The largest absolute Gasteiger partial charge is 0.342 e. The minimum Gasteiger partial charge on any atom is -0.303 e. The Morgan fingerprint density at radius 1 is 0.875 bits per heavy atom. The van der Waals surface area contributed by atoms with Gasteiger partial charge in [0.15, 0.2) is 0 Å². The van der Waals surface area contributed by atoms with E-state index in [0.717, 1.165) is 27.1 Å². The summed E-state index contributed by atoms with van der Waals surface area (Å²) in [4.78, 5) is 17.0. The van der Waals surface area contributed by atoms with Gasteiger partial charge in [-0.15, -0.1) is 0 Å². The zero-order valence-electron chi connectivity index (χ0n) is 26.4. The maximum atomic E-state index is 14.9. The van der Waals surface area contributed by atoms with Crippen LogP contribution in [-0.2, 0) is 21.4 Å². The van der Waals surface area contributed by atoms with Crippen molar-refractivity contribution < 1.29 is 22.0 Å². The van der Waals surface area contributed by atoms with Gasteiger partial charge < -0.3 is 4.57 Å². The minimum absolute atomic E-state index is 0.127. The molecule has 1 amide bonds. The van der Waals surface area contributed by atoms with Crippen LogP contribution in [0, 0.1) is 18.6 Å². The van der Waals surface area contributed by atoms with Gasteiger partial charge in [-0.05, 0) is 77.8 Å². The van der Waals surface area contributed by atoms with Gasteiger partial charge in [0.25, 0.3) is 5.91 Å². The third-order valence-electron chi connectivity index (χ3n) is 9.41. The molecule has 7 rings (SSSR count). The molecule has 2 aliphatic rings. The second kappa shape index (κ2) is 12.6. The lowest BCUT2D eigenvalue weighted by Gasteiger charge is -2.22. The van der Waals surface area contributed by atoms with Crippen LogP contribution in [0.4, 0.5) is 14.5 Å². The van der Waals surface area contributed by atoms with Crippen molar-refractivity contribution in [3.8, 4) is 28.1 Å². The average Bonchev–Trinajstić information content (AvgIpc) is 3.59. The maximum Gasteiger partial charge on any atom is 0.342 e. The van der Waals surface area contributed by atoms with Crippen molar-refractivity contribution >= 4 is 21.8 Å². The average molecular weight is 668 g/mol. The van der Waals surface area contributed by atoms with Crippen LogP contribution in [0.1, 0.15) is 60.5 Å². The third kappa shape index (κ3) is 5.99. The Balaban J connectivity index is 1.22. The van der Waals surface area contributed by atoms with Gasteiger partial charge in [-0.1, -0.05) is 73.9 Å². The fourth-order valence-electron chi connectivity index (χ4n) is 6.71. The van der Waals surface area contributed by atoms with Crippen molar-refractivity contribution in [2.75, 3.05) is 10.8 Å². The Morgan fingerprint density at radius 2 is 1.56 bits per heavy atom. The summed E-state index contributed by atoms with van der Waals surface area (Å²) in [5, 5.41) is 0. The molecule has 0 spiro atoms. The maximum absolute atomic E-state index is 14.9. The summed E-state index contributed by atoms with van der Waals surface area (Å²) in [5.74, 6) is 4.55. The zero-order chi connectivity index (χ0) is 33.6. The van der Waals surface area contributed by atoms with E-state index in [2.05, 4.69) is 36.4 Å². The fraction of sp³-hybridized carbons (Fsp3) is 0.243. The Kier molecular flexibility index (Phi) is 8.34. The zero-order valence-corrected chi connectivity index (χ0v) is 27.3. The summed E-state index contributed by atoms with van der Waals surface area (Å²) in [6.07, 6.45) is 8.44. The molecule has 5 aromatic rings. The first-order valence-corrected chi connectivity index (χ1v) is 17.4. The highest BCUT2D eigenvalue weighted by atomic mass is 32.2. The number of amides is 1. The number of carbonyl (C=O) groups excluding carboxylic acids is 1. The van der Waals surface area contributed by atoms with Crippen LogP contribution in [0.3, 0.4) is 0 Å². The van der Waals surface area contributed by atoms with E-state index in [1.54, 1.807) is 35.9 Å². The number of rotatable bonds is 7. The van der Waals surface area contributed by atoms with Crippen molar-refractivity contribution in [2.24, 2.45) is 5.84 Å². The Morgan fingerprint density at radius 3 is 2.21 bits per heavy atom. The van der Waals surface area contributed by atoms with E-state index >= 15 is 0 Å². The number of anilines is 1. The molecule has 4 aromatic carbocycles. The molecule has 8 nitrogen and oxygen atoms in total. The summed E-state index contributed by atoms with van der Waals surface area (Å²) in [6, 6.07) is 25.5. The number of aromatic nitrogens is 2. The summed E-state index contributed by atoms with van der Waals surface area (Å²) in [5.41, 5.74) is 6.43. The monoisotopic (exact) mass is 667 g/mol. The van der Waals surface area contributed by atoms with E-state index in [0.29, 0.717) is 29.4 Å². The predicted molar refractivity (Wildman–Crippen MR) is 181 cm³/mol. The van der Waals surface area contributed by atoms with E-state index in [9.17, 15) is 22.0 Å². The lowest BCUT2D eigenvalue weighted by molar-refractivity contribution is -0.124. The van der Waals surface area contributed by atoms with Crippen molar-refractivity contribution in [3.63, 3.8) is 0 Å². The second-order valence-corrected chi connectivity index (χ2v) is 14.3.